The molecule has 0 aromatic rings. The second kappa shape index (κ2) is 8.82. The summed E-state index contributed by atoms with van der Waals surface area (Å²) in [6, 6.07) is 0. The molecule has 0 aliphatic carbocycles. The van der Waals surface area contributed by atoms with Gasteiger partial charge in [-0.25, -0.2) is 0 Å². The second-order valence-corrected chi connectivity index (χ2v) is 0.724. The van der Waals surface area contributed by atoms with Crippen molar-refractivity contribution in [3.8, 4) is 0 Å². The molecule has 1 N–H and O–H groups in total. The highest BCUT2D eigenvalue weighted by molar-refractivity contribution is 5.75. The van der Waals surface area contributed by atoms with Crippen molar-refractivity contribution < 1.29 is 5.11 Å². The van der Waals surface area contributed by atoms with E-state index in [0.29, 0.717) is 6.61 Å². The first-order chi connectivity index (χ1) is 1.91. The lowest BCUT2D eigenvalue weighted by atomic mass is 10.5. The minimum atomic E-state index is 0. The van der Waals surface area contributed by atoms with Crippen LogP contribution in [0, 0.1) is 0 Å². The monoisotopic (exact) mass is 90.1 g/mol. The van der Waals surface area contributed by atoms with E-state index in [2.05, 4.69) is 0 Å². The van der Waals surface area contributed by atoms with Crippen LogP contribution in [0.4, 0.5) is 0 Å². The molecule has 5 heavy (non-hydrogen) atoms. The maximum atomic E-state index is 7.88. The van der Waals surface area contributed by atoms with Gasteiger partial charge in [0, 0.05) is 6.61 Å². The summed E-state index contributed by atoms with van der Waals surface area (Å²) in [5.74, 6) is 0. The Labute approximate surface area is 43.1 Å². The Hall–Kier alpha value is 0.492. The van der Waals surface area contributed by atoms with Gasteiger partial charge in [0.15, 0.2) is 17.4 Å². The third-order valence-corrected chi connectivity index (χ3v) is 0.224. The summed E-state index contributed by atoms with van der Waals surface area (Å²) in [5, 5.41) is 7.88. The molecular formula is C3H11AlO. The van der Waals surface area contributed by atoms with Gasteiger partial charge in [-0.1, -0.05) is 6.92 Å². The molecule has 0 spiro atoms. The number of hydrogen-bond acceptors (Lipinski definition) is 1. The zero-order valence-electron chi connectivity index (χ0n) is 2.86. The Bertz CT molecular complexity index is 8.85. The van der Waals surface area contributed by atoms with E-state index in [4.69, 9.17) is 5.11 Å². The Morgan fingerprint density at radius 3 is 1.80 bits per heavy atom. The first kappa shape index (κ1) is 9.09. The molecule has 0 heterocycles. The van der Waals surface area contributed by atoms with Crippen LogP contribution in [-0.4, -0.2) is 29.1 Å². The molecule has 2 heteroatoms. The predicted octanol–water partition coefficient (Wildman–Crippen LogP) is -0.795. The molecule has 32 valence electrons. The molecule has 1 nitrogen and oxygen atoms in total. The fourth-order valence-corrected chi connectivity index (χ4v) is 0. The Morgan fingerprint density at radius 1 is 1.60 bits per heavy atom. The minimum absolute atomic E-state index is 0. The van der Waals surface area contributed by atoms with E-state index in [9.17, 15) is 0 Å². The molecule has 0 rings (SSSR count). The summed E-state index contributed by atoms with van der Waals surface area (Å²) in [6.07, 6.45) is 0.875. The van der Waals surface area contributed by atoms with Gasteiger partial charge in [0.25, 0.3) is 0 Å². The summed E-state index contributed by atoms with van der Waals surface area (Å²) in [5.41, 5.74) is 0. The third kappa shape index (κ3) is 12.5. The predicted molar refractivity (Wildman–Crippen MR) is 27.3 cm³/mol. The second-order valence-electron chi connectivity index (χ2n) is 0.724. The molecule has 0 aromatic heterocycles. The zero-order chi connectivity index (χ0) is 3.41. The van der Waals surface area contributed by atoms with Gasteiger partial charge < -0.3 is 5.11 Å². The molecule has 0 radical (unpaired) electrons. The zero-order valence-corrected chi connectivity index (χ0v) is 2.86. The van der Waals surface area contributed by atoms with Gasteiger partial charge in [0.05, 0.1) is 0 Å². The lowest BCUT2D eigenvalue weighted by Crippen LogP contribution is -1.69. The van der Waals surface area contributed by atoms with E-state index in [1.54, 1.807) is 0 Å². The van der Waals surface area contributed by atoms with Crippen LogP contribution < -0.4 is 0 Å². The van der Waals surface area contributed by atoms with Gasteiger partial charge in [0.2, 0.25) is 0 Å². The number of aliphatic hydroxyl groups excluding tert-OH is 1. The fourth-order valence-electron chi connectivity index (χ4n) is 0. The molecular weight excluding hydrogens is 79.0 g/mol. The molecule has 0 atom stereocenters. The molecule has 0 fully saturated rings. The van der Waals surface area contributed by atoms with E-state index in [1.165, 1.54) is 0 Å². The maximum absolute atomic E-state index is 7.88. The summed E-state index contributed by atoms with van der Waals surface area (Å²) >= 11 is 0. The van der Waals surface area contributed by atoms with Crippen LogP contribution in [-0.2, 0) is 0 Å². The summed E-state index contributed by atoms with van der Waals surface area (Å²) in [6.45, 7) is 2.25. The minimum Gasteiger partial charge on any atom is -0.396 e. The maximum Gasteiger partial charge on any atom is 0.187 e. The van der Waals surface area contributed by atoms with Crippen LogP contribution in [0.5, 0.6) is 0 Å². The largest absolute Gasteiger partial charge is 0.396 e. The van der Waals surface area contributed by atoms with Crippen LogP contribution in [0.2, 0.25) is 0 Å². The van der Waals surface area contributed by atoms with E-state index in [-0.39, 0.29) is 17.4 Å². The van der Waals surface area contributed by atoms with Crippen molar-refractivity contribution in [2.24, 2.45) is 0 Å². The van der Waals surface area contributed by atoms with Crippen molar-refractivity contribution in [2.45, 2.75) is 13.3 Å². The molecule has 0 bridgehead atoms. The van der Waals surface area contributed by atoms with Gasteiger partial charge in [-0.2, -0.15) is 0 Å². The summed E-state index contributed by atoms with van der Waals surface area (Å²) in [7, 11) is 0. The molecule has 0 aromatic carbocycles. The van der Waals surface area contributed by atoms with Crippen LogP contribution in [0.15, 0.2) is 0 Å². The topological polar surface area (TPSA) is 20.2 Å². The summed E-state index contributed by atoms with van der Waals surface area (Å²) in [4.78, 5) is 0. The average Bonchev–Trinajstić information content (AvgIpc) is 1.37. The lowest BCUT2D eigenvalue weighted by Gasteiger charge is -1.69. The van der Waals surface area contributed by atoms with Gasteiger partial charge >= 0.3 is 0 Å². The van der Waals surface area contributed by atoms with E-state index in [0.717, 1.165) is 6.42 Å². The van der Waals surface area contributed by atoms with Crippen LogP contribution in [0.3, 0.4) is 0 Å². The molecule has 0 unspecified atom stereocenters. The highest BCUT2D eigenvalue weighted by Crippen LogP contribution is 1.61. The van der Waals surface area contributed by atoms with Crippen molar-refractivity contribution in [3.63, 3.8) is 0 Å². The molecule has 0 amide bonds. The van der Waals surface area contributed by atoms with Gasteiger partial charge in [-0.05, 0) is 6.42 Å². The van der Waals surface area contributed by atoms with Gasteiger partial charge in [-0.15, -0.1) is 0 Å². The van der Waals surface area contributed by atoms with Gasteiger partial charge in [0.1, 0.15) is 0 Å². The van der Waals surface area contributed by atoms with Crippen molar-refractivity contribution in [1.29, 1.82) is 0 Å². The molecule has 0 saturated carbocycles. The van der Waals surface area contributed by atoms with E-state index in [1.807, 2.05) is 6.92 Å². The van der Waals surface area contributed by atoms with Crippen LogP contribution in [0.25, 0.3) is 0 Å². The Balaban J connectivity index is 0. The standard InChI is InChI=1S/C3H8O.Al.3H/c1-2-3-4;;;;/h4H,2-3H2,1H3;;;;. The quantitative estimate of drug-likeness (QED) is 0.418. The molecule has 0 aliphatic rings. The SMILES string of the molecule is CCCO.[AlH3]. The first-order valence-electron chi connectivity index (χ1n) is 1.52. The Kier molecular flexibility index (Phi) is 16.0. The highest BCUT2D eigenvalue weighted by atomic mass is 27.0. The van der Waals surface area contributed by atoms with Crippen molar-refractivity contribution in [2.75, 3.05) is 6.61 Å². The van der Waals surface area contributed by atoms with Gasteiger partial charge in [-0.3, -0.25) is 0 Å². The number of rotatable bonds is 1. The first-order valence-corrected chi connectivity index (χ1v) is 1.52. The van der Waals surface area contributed by atoms with Crippen LogP contribution in [0.1, 0.15) is 13.3 Å². The van der Waals surface area contributed by atoms with E-state index >= 15 is 0 Å². The Morgan fingerprint density at radius 2 is 1.80 bits per heavy atom. The summed E-state index contributed by atoms with van der Waals surface area (Å²) < 4.78 is 0. The molecule has 0 saturated heterocycles. The van der Waals surface area contributed by atoms with Crippen molar-refractivity contribution >= 4 is 17.4 Å². The van der Waals surface area contributed by atoms with Crippen LogP contribution >= 0.6 is 0 Å². The normalized spacial score (nSPS) is 6.00. The van der Waals surface area contributed by atoms with Crippen molar-refractivity contribution in [1.82, 2.24) is 0 Å². The highest BCUT2D eigenvalue weighted by Gasteiger charge is 1.57. The average molecular weight is 90.1 g/mol. The fraction of sp³-hybridized carbons (Fsp3) is 1.00. The van der Waals surface area contributed by atoms with E-state index < -0.39 is 0 Å². The third-order valence-electron chi connectivity index (χ3n) is 0.224. The number of aliphatic hydroxyl groups is 1. The lowest BCUT2D eigenvalue weighted by molar-refractivity contribution is 0.295. The number of hydrogen-bond donors (Lipinski definition) is 1. The smallest absolute Gasteiger partial charge is 0.187 e. The van der Waals surface area contributed by atoms with Crippen molar-refractivity contribution in [3.05, 3.63) is 0 Å². The molecule has 0 aliphatic heterocycles.